The standard InChI is InChI=1S/C22H24N6O3S/c1-31-11-10-27-17(13-16-19(27)25-18-6-2-3-8-28(18)21(16)30)20(29)24-14-15-5-4-9-26(15)22-23-7-12-32-22/h2-3,6-8,12-13,15H,4-5,9-11,14H2,1H3,(H,24,29). The fourth-order valence-electron chi connectivity index (χ4n) is 4.31. The van der Waals surface area contributed by atoms with Crippen molar-refractivity contribution in [3.05, 3.63) is 58.1 Å². The first-order valence-electron chi connectivity index (χ1n) is 10.6. The van der Waals surface area contributed by atoms with E-state index in [1.165, 1.54) is 4.40 Å². The lowest BCUT2D eigenvalue weighted by molar-refractivity contribution is 0.0940. The van der Waals surface area contributed by atoms with Gasteiger partial charge in [0.15, 0.2) is 5.13 Å². The molecule has 9 nitrogen and oxygen atoms in total. The van der Waals surface area contributed by atoms with E-state index in [9.17, 15) is 9.59 Å². The Hall–Kier alpha value is -3.24. The van der Waals surface area contributed by atoms with Crippen LogP contribution >= 0.6 is 11.3 Å². The molecule has 0 aromatic carbocycles. The van der Waals surface area contributed by atoms with Gasteiger partial charge in [-0.25, -0.2) is 9.97 Å². The van der Waals surface area contributed by atoms with Gasteiger partial charge in [-0.2, -0.15) is 0 Å². The summed E-state index contributed by atoms with van der Waals surface area (Å²) in [5.74, 6) is -0.224. The minimum absolute atomic E-state index is 0.193. The predicted octanol–water partition coefficient (Wildman–Crippen LogP) is 2.15. The van der Waals surface area contributed by atoms with Crippen LogP contribution in [-0.4, -0.2) is 57.7 Å². The zero-order chi connectivity index (χ0) is 22.1. The van der Waals surface area contributed by atoms with Crippen molar-refractivity contribution < 1.29 is 9.53 Å². The van der Waals surface area contributed by atoms with Crippen LogP contribution in [0.4, 0.5) is 5.13 Å². The Morgan fingerprint density at radius 2 is 2.28 bits per heavy atom. The van der Waals surface area contributed by atoms with Gasteiger partial charge in [-0.3, -0.25) is 14.0 Å². The number of pyridine rings is 1. The number of rotatable bonds is 7. The average molecular weight is 453 g/mol. The Bertz CT molecular complexity index is 1310. The van der Waals surface area contributed by atoms with E-state index >= 15 is 0 Å². The second kappa shape index (κ2) is 8.71. The van der Waals surface area contributed by atoms with Crippen LogP contribution in [0, 0.1) is 0 Å². The smallest absolute Gasteiger partial charge is 0.268 e. The van der Waals surface area contributed by atoms with E-state index in [0.29, 0.717) is 42.1 Å². The van der Waals surface area contributed by atoms with Crippen molar-refractivity contribution in [2.24, 2.45) is 0 Å². The van der Waals surface area contributed by atoms with Gasteiger partial charge in [0.2, 0.25) is 0 Å². The molecule has 1 fully saturated rings. The molecule has 0 aliphatic carbocycles. The normalized spacial score (nSPS) is 16.3. The van der Waals surface area contributed by atoms with Gasteiger partial charge in [0.25, 0.3) is 11.5 Å². The predicted molar refractivity (Wildman–Crippen MR) is 124 cm³/mol. The van der Waals surface area contributed by atoms with Crippen LogP contribution in [0.1, 0.15) is 23.3 Å². The van der Waals surface area contributed by atoms with Crippen LogP contribution in [-0.2, 0) is 11.3 Å². The van der Waals surface area contributed by atoms with Crippen molar-refractivity contribution in [2.45, 2.75) is 25.4 Å². The minimum atomic E-state index is -0.224. The molecule has 10 heteroatoms. The average Bonchev–Trinajstić information content (AvgIpc) is 3.56. The molecule has 0 spiro atoms. The first-order valence-corrected chi connectivity index (χ1v) is 11.5. The molecule has 1 N–H and O–H groups in total. The summed E-state index contributed by atoms with van der Waals surface area (Å²) in [5, 5.41) is 6.44. The highest BCUT2D eigenvalue weighted by atomic mass is 32.1. The molecule has 4 aromatic rings. The van der Waals surface area contributed by atoms with Crippen LogP contribution in [0.25, 0.3) is 16.7 Å². The third kappa shape index (κ3) is 3.65. The third-order valence-corrected chi connectivity index (χ3v) is 6.68. The molecule has 166 valence electrons. The number of ether oxygens (including phenoxy) is 1. The molecule has 4 aromatic heterocycles. The van der Waals surface area contributed by atoms with Gasteiger partial charge in [-0.05, 0) is 31.0 Å². The van der Waals surface area contributed by atoms with Gasteiger partial charge in [0, 0.05) is 50.6 Å². The highest BCUT2D eigenvalue weighted by Crippen LogP contribution is 2.27. The summed E-state index contributed by atoms with van der Waals surface area (Å²) in [7, 11) is 1.61. The third-order valence-electron chi connectivity index (χ3n) is 5.87. The SMILES string of the molecule is COCCn1c(C(=O)NCC2CCCN2c2nccs2)cc2c(=O)n3ccccc3nc21. The largest absolute Gasteiger partial charge is 0.383 e. The zero-order valence-corrected chi connectivity index (χ0v) is 18.5. The molecule has 1 atom stereocenters. The molecule has 1 aliphatic rings. The lowest BCUT2D eigenvalue weighted by Crippen LogP contribution is -2.40. The fourth-order valence-corrected chi connectivity index (χ4v) is 5.05. The molecule has 5 heterocycles. The van der Waals surface area contributed by atoms with E-state index in [1.807, 2.05) is 11.4 Å². The van der Waals surface area contributed by atoms with Crippen molar-refractivity contribution in [3.8, 4) is 0 Å². The van der Waals surface area contributed by atoms with Gasteiger partial charge < -0.3 is 19.5 Å². The highest BCUT2D eigenvalue weighted by Gasteiger charge is 2.27. The zero-order valence-electron chi connectivity index (χ0n) is 17.7. The monoisotopic (exact) mass is 452 g/mol. The summed E-state index contributed by atoms with van der Waals surface area (Å²) in [5.41, 5.74) is 1.25. The van der Waals surface area contributed by atoms with Crippen LogP contribution in [0.5, 0.6) is 0 Å². The van der Waals surface area contributed by atoms with Gasteiger partial charge in [0.05, 0.1) is 12.0 Å². The Kier molecular flexibility index (Phi) is 5.62. The molecule has 1 aliphatic heterocycles. The molecular formula is C22H24N6O3S. The molecule has 0 radical (unpaired) electrons. The minimum Gasteiger partial charge on any atom is -0.383 e. The van der Waals surface area contributed by atoms with E-state index < -0.39 is 0 Å². The Labute approximate surface area is 188 Å². The van der Waals surface area contributed by atoms with E-state index in [-0.39, 0.29) is 17.5 Å². The molecule has 1 saturated heterocycles. The van der Waals surface area contributed by atoms with Crippen molar-refractivity contribution in [2.75, 3.05) is 31.7 Å². The molecule has 32 heavy (non-hydrogen) atoms. The molecular weight excluding hydrogens is 428 g/mol. The fraction of sp³-hybridized carbons (Fsp3) is 0.364. The molecule has 0 saturated carbocycles. The molecule has 0 bridgehead atoms. The molecule has 5 rings (SSSR count). The number of hydrogen-bond donors (Lipinski definition) is 1. The molecule has 1 amide bonds. The van der Waals surface area contributed by atoms with Crippen LogP contribution in [0.15, 0.2) is 46.8 Å². The lowest BCUT2D eigenvalue weighted by atomic mass is 10.2. The number of hydrogen-bond acceptors (Lipinski definition) is 7. The van der Waals surface area contributed by atoms with Crippen molar-refractivity contribution in [1.29, 1.82) is 0 Å². The van der Waals surface area contributed by atoms with Crippen molar-refractivity contribution >= 4 is 39.1 Å². The maximum absolute atomic E-state index is 13.2. The maximum Gasteiger partial charge on any atom is 0.268 e. The number of carbonyl (C=O) groups is 1. The van der Waals surface area contributed by atoms with E-state index in [2.05, 4.69) is 20.2 Å². The number of nitrogens with zero attached hydrogens (tertiary/aromatic N) is 5. The topological polar surface area (TPSA) is 93.8 Å². The summed E-state index contributed by atoms with van der Waals surface area (Å²) in [4.78, 5) is 37.6. The Balaban J connectivity index is 1.45. The summed E-state index contributed by atoms with van der Waals surface area (Å²) >= 11 is 1.61. The van der Waals surface area contributed by atoms with Crippen molar-refractivity contribution in [3.63, 3.8) is 0 Å². The first-order chi connectivity index (χ1) is 15.7. The summed E-state index contributed by atoms with van der Waals surface area (Å²) in [6.45, 7) is 2.28. The van der Waals surface area contributed by atoms with E-state index in [0.717, 1.165) is 24.5 Å². The van der Waals surface area contributed by atoms with Crippen LogP contribution in [0.2, 0.25) is 0 Å². The summed E-state index contributed by atoms with van der Waals surface area (Å²) in [6.07, 6.45) is 5.56. The number of thiazole rings is 1. The van der Waals surface area contributed by atoms with Gasteiger partial charge in [0.1, 0.15) is 17.0 Å². The number of anilines is 1. The quantitative estimate of drug-likeness (QED) is 0.462. The van der Waals surface area contributed by atoms with Gasteiger partial charge in [-0.1, -0.05) is 6.07 Å². The number of amides is 1. The van der Waals surface area contributed by atoms with Crippen LogP contribution in [0.3, 0.4) is 0 Å². The summed E-state index contributed by atoms with van der Waals surface area (Å²) in [6, 6.07) is 7.24. The number of fused-ring (bicyclic) bond motifs is 2. The second-order valence-electron chi connectivity index (χ2n) is 7.77. The number of methoxy groups -OCH3 is 1. The number of carbonyl (C=O) groups excluding carboxylic acids is 1. The maximum atomic E-state index is 13.2. The highest BCUT2D eigenvalue weighted by molar-refractivity contribution is 7.13. The van der Waals surface area contributed by atoms with Gasteiger partial charge >= 0.3 is 0 Å². The lowest BCUT2D eigenvalue weighted by Gasteiger charge is -2.24. The Morgan fingerprint density at radius 1 is 1.38 bits per heavy atom. The van der Waals surface area contributed by atoms with E-state index in [4.69, 9.17) is 4.74 Å². The molecule has 1 unspecified atom stereocenters. The Morgan fingerprint density at radius 3 is 3.09 bits per heavy atom. The number of aromatic nitrogens is 4. The first kappa shape index (κ1) is 20.7. The van der Waals surface area contributed by atoms with E-state index in [1.54, 1.807) is 53.6 Å². The number of nitrogens with one attached hydrogen (secondary N) is 1. The van der Waals surface area contributed by atoms with Crippen LogP contribution < -0.4 is 15.8 Å². The van der Waals surface area contributed by atoms with Crippen molar-refractivity contribution in [1.82, 2.24) is 24.3 Å². The summed E-state index contributed by atoms with van der Waals surface area (Å²) < 4.78 is 8.51. The van der Waals surface area contributed by atoms with Gasteiger partial charge in [-0.15, -0.1) is 11.3 Å². The second-order valence-corrected chi connectivity index (χ2v) is 8.64.